The van der Waals surface area contributed by atoms with Crippen molar-refractivity contribution in [2.24, 2.45) is 5.16 Å². The molecule has 134 valence electrons. The highest BCUT2D eigenvalue weighted by molar-refractivity contribution is 6.06. The summed E-state index contributed by atoms with van der Waals surface area (Å²) < 4.78 is 5.07. The minimum Gasteiger partial charge on any atom is -0.462 e. The van der Waals surface area contributed by atoms with Crippen molar-refractivity contribution in [1.29, 1.82) is 0 Å². The van der Waals surface area contributed by atoms with Gasteiger partial charge in [-0.2, -0.15) is 0 Å². The Morgan fingerprint density at radius 3 is 2.58 bits per heavy atom. The highest BCUT2D eigenvalue weighted by atomic mass is 16.6. The van der Waals surface area contributed by atoms with Crippen LogP contribution in [0.1, 0.15) is 35.7 Å². The summed E-state index contributed by atoms with van der Waals surface area (Å²) in [6.07, 6.45) is 0.519. The van der Waals surface area contributed by atoms with Crippen LogP contribution in [0.3, 0.4) is 0 Å². The van der Waals surface area contributed by atoms with E-state index >= 15 is 0 Å². The van der Waals surface area contributed by atoms with Crippen molar-refractivity contribution in [3.63, 3.8) is 0 Å². The quantitative estimate of drug-likeness (QED) is 0.809. The Morgan fingerprint density at radius 2 is 1.88 bits per heavy atom. The zero-order valence-electron chi connectivity index (χ0n) is 14.5. The molecule has 2 aromatic rings. The van der Waals surface area contributed by atoms with Crippen LogP contribution in [0.15, 0.2) is 59.8 Å². The van der Waals surface area contributed by atoms with Gasteiger partial charge in [-0.3, -0.25) is 4.79 Å². The first kappa shape index (κ1) is 17.7. The standard InChI is InChI=1S/C20H20N2O4/c1-2-12-25-20(24)15-8-10-16(11-9-15)21-19(23)18-13-17(22-26-18)14-6-4-3-5-7-14/h3-11,18H,2,12-13H2,1H3,(H,21,23). The maximum absolute atomic E-state index is 12.4. The molecule has 2 aromatic carbocycles. The number of nitrogens with one attached hydrogen (secondary N) is 1. The molecule has 1 aliphatic heterocycles. The Balaban J connectivity index is 1.55. The Bertz CT molecular complexity index is 800. The second-order valence-electron chi connectivity index (χ2n) is 5.90. The van der Waals surface area contributed by atoms with E-state index in [9.17, 15) is 9.59 Å². The lowest BCUT2D eigenvalue weighted by Gasteiger charge is -2.10. The van der Waals surface area contributed by atoms with E-state index in [0.29, 0.717) is 24.3 Å². The van der Waals surface area contributed by atoms with Gasteiger partial charge in [0.1, 0.15) is 0 Å². The van der Waals surface area contributed by atoms with Gasteiger partial charge in [-0.1, -0.05) is 42.4 Å². The summed E-state index contributed by atoms with van der Waals surface area (Å²) in [6.45, 7) is 2.32. The van der Waals surface area contributed by atoms with Crippen LogP contribution in [0.4, 0.5) is 5.69 Å². The maximum Gasteiger partial charge on any atom is 0.338 e. The third-order valence-electron chi connectivity index (χ3n) is 3.89. The lowest BCUT2D eigenvalue weighted by atomic mass is 10.0. The summed E-state index contributed by atoms with van der Waals surface area (Å²) in [5.74, 6) is -0.647. The van der Waals surface area contributed by atoms with Crippen LogP contribution in [0, 0.1) is 0 Å². The van der Waals surface area contributed by atoms with Crippen molar-refractivity contribution in [3.05, 3.63) is 65.7 Å². The van der Waals surface area contributed by atoms with Crippen LogP contribution >= 0.6 is 0 Å². The third kappa shape index (κ3) is 4.27. The van der Waals surface area contributed by atoms with Gasteiger partial charge in [0.05, 0.1) is 17.9 Å². The second-order valence-corrected chi connectivity index (χ2v) is 5.90. The molecular weight excluding hydrogens is 332 g/mol. The van der Waals surface area contributed by atoms with E-state index in [1.807, 2.05) is 37.3 Å². The van der Waals surface area contributed by atoms with Crippen LogP contribution in [0.5, 0.6) is 0 Å². The molecular formula is C20H20N2O4. The predicted molar refractivity (Wildman–Crippen MR) is 98.1 cm³/mol. The number of carbonyl (C=O) groups excluding carboxylic acids is 2. The van der Waals surface area contributed by atoms with Gasteiger partial charge in [-0.15, -0.1) is 0 Å². The molecule has 1 aliphatic rings. The van der Waals surface area contributed by atoms with Gasteiger partial charge in [0, 0.05) is 12.1 Å². The predicted octanol–water partition coefficient (Wildman–Crippen LogP) is 3.39. The number of benzene rings is 2. The summed E-state index contributed by atoms with van der Waals surface area (Å²) in [5, 5.41) is 6.79. The first-order valence-corrected chi connectivity index (χ1v) is 8.53. The third-order valence-corrected chi connectivity index (χ3v) is 3.89. The molecule has 6 heteroatoms. The maximum atomic E-state index is 12.4. The highest BCUT2D eigenvalue weighted by Gasteiger charge is 2.28. The first-order chi connectivity index (χ1) is 12.7. The number of oxime groups is 1. The number of anilines is 1. The zero-order chi connectivity index (χ0) is 18.4. The second kappa shape index (κ2) is 8.29. The highest BCUT2D eigenvalue weighted by Crippen LogP contribution is 2.19. The van der Waals surface area contributed by atoms with Gasteiger partial charge >= 0.3 is 5.97 Å². The molecule has 1 unspecified atom stereocenters. The number of carbonyl (C=O) groups is 2. The van der Waals surface area contributed by atoms with Crippen molar-refractivity contribution >= 4 is 23.3 Å². The molecule has 26 heavy (non-hydrogen) atoms. The molecule has 1 amide bonds. The van der Waals surface area contributed by atoms with Crippen molar-refractivity contribution in [2.75, 3.05) is 11.9 Å². The number of ether oxygens (including phenoxy) is 1. The number of nitrogens with zero attached hydrogens (tertiary/aromatic N) is 1. The number of amides is 1. The minimum atomic E-state index is -0.667. The van der Waals surface area contributed by atoms with Gasteiger partial charge in [0.25, 0.3) is 5.91 Å². The Hall–Kier alpha value is -3.15. The van der Waals surface area contributed by atoms with Crippen LogP contribution in [0.2, 0.25) is 0 Å². The van der Waals surface area contributed by atoms with E-state index in [1.165, 1.54) is 0 Å². The van der Waals surface area contributed by atoms with E-state index in [4.69, 9.17) is 9.57 Å². The van der Waals surface area contributed by atoms with E-state index in [-0.39, 0.29) is 11.9 Å². The van der Waals surface area contributed by atoms with Crippen molar-refractivity contribution < 1.29 is 19.2 Å². The lowest BCUT2D eigenvalue weighted by Crippen LogP contribution is -2.28. The SMILES string of the molecule is CCCOC(=O)c1ccc(NC(=O)C2CC(c3ccccc3)=NO2)cc1. The molecule has 1 N–H and O–H groups in total. The Morgan fingerprint density at radius 1 is 1.15 bits per heavy atom. The van der Waals surface area contributed by atoms with Gasteiger partial charge in [0.15, 0.2) is 0 Å². The average Bonchev–Trinajstić information content (AvgIpc) is 3.18. The fraction of sp³-hybridized carbons (Fsp3) is 0.250. The molecule has 6 nitrogen and oxygen atoms in total. The van der Waals surface area contributed by atoms with Crippen LogP contribution in [-0.4, -0.2) is 30.3 Å². The summed E-state index contributed by atoms with van der Waals surface area (Å²) in [7, 11) is 0. The Labute approximate surface area is 151 Å². The number of hydrogen-bond donors (Lipinski definition) is 1. The summed E-state index contributed by atoms with van der Waals surface area (Å²) in [4.78, 5) is 29.4. The fourth-order valence-corrected chi connectivity index (χ4v) is 2.51. The Kier molecular flexibility index (Phi) is 5.63. The molecule has 0 spiro atoms. The molecule has 0 radical (unpaired) electrons. The van der Waals surface area contributed by atoms with Gasteiger partial charge in [-0.05, 0) is 36.2 Å². The molecule has 0 aliphatic carbocycles. The molecule has 0 aromatic heterocycles. The lowest BCUT2D eigenvalue weighted by molar-refractivity contribution is -0.125. The monoisotopic (exact) mass is 352 g/mol. The summed E-state index contributed by atoms with van der Waals surface area (Å²) in [5.41, 5.74) is 2.72. The molecule has 1 atom stereocenters. The summed E-state index contributed by atoms with van der Waals surface area (Å²) >= 11 is 0. The average molecular weight is 352 g/mol. The van der Waals surface area contributed by atoms with Crippen molar-refractivity contribution in [2.45, 2.75) is 25.9 Å². The first-order valence-electron chi connectivity index (χ1n) is 8.53. The smallest absolute Gasteiger partial charge is 0.338 e. The van der Waals surface area contributed by atoms with E-state index in [0.717, 1.165) is 17.7 Å². The topological polar surface area (TPSA) is 77.0 Å². The molecule has 0 fully saturated rings. The zero-order valence-corrected chi connectivity index (χ0v) is 14.5. The van der Waals surface area contributed by atoms with Crippen LogP contribution in [0.25, 0.3) is 0 Å². The van der Waals surface area contributed by atoms with E-state index in [2.05, 4.69) is 10.5 Å². The van der Waals surface area contributed by atoms with Gasteiger partial charge in [0.2, 0.25) is 6.10 Å². The normalized spacial score (nSPS) is 15.7. The molecule has 3 rings (SSSR count). The fourth-order valence-electron chi connectivity index (χ4n) is 2.51. The number of rotatable bonds is 6. The van der Waals surface area contributed by atoms with E-state index < -0.39 is 6.10 Å². The van der Waals surface area contributed by atoms with Crippen LogP contribution < -0.4 is 5.32 Å². The van der Waals surface area contributed by atoms with Gasteiger partial charge < -0.3 is 14.9 Å². The van der Waals surface area contributed by atoms with Crippen LogP contribution in [-0.2, 0) is 14.4 Å². The number of esters is 1. The molecule has 0 bridgehead atoms. The van der Waals surface area contributed by atoms with Crippen molar-refractivity contribution in [1.82, 2.24) is 0 Å². The summed E-state index contributed by atoms with van der Waals surface area (Å²) in [6, 6.07) is 16.2. The largest absolute Gasteiger partial charge is 0.462 e. The molecule has 1 heterocycles. The molecule has 0 saturated heterocycles. The van der Waals surface area contributed by atoms with Gasteiger partial charge in [-0.25, -0.2) is 4.79 Å². The molecule has 0 saturated carbocycles. The minimum absolute atomic E-state index is 0.277. The van der Waals surface area contributed by atoms with Crippen molar-refractivity contribution in [3.8, 4) is 0 Å². The van der Waals surface area contributed by atoms with E-state index in [1.54, 1.807) is 24.3 Å². The number of hydrogen-bond acceptors (Lipinski definition) is 5.